The second-order valence-electron chi connectivity index (χ2n) is 6.90. The number of thiazole rings is 1. The number of hydrogen-bond acceptors (Lipinski definition) is 6. The number of aromatic amines is 1. The number of rotatable bonds is 6. The standard InChI is InChI=1S/C19H21N5OS2/c1-10-6-12(3)14(7-11(10)2)15-8-26-18(20-15)21-16(25)9-27-19-22-17(23-24-19)13-4-5-13/h6-8,13H,4-5,9H2,1-3H3,(H,20,21,25)(H,22,23,24). The number of thioether (sulfide) groups is 1. The van der Waals surface area contributed by atoms with E-state index in [1.54, 1.807) is 0 Å². The molecule has 0 saturated heterocycles. The molecule has 0 aliphatic heterocycles. The third-order valence-electron chi connectivity index (χ3n) is 4.65. The average molecular weight is 400 g/mol. The summed E-state index contributed by atoms with van der Waals surface area (Å²) in [5.74, 6) is 1.63. The molecule has 2 N–H and O–H groups in total. The van der Waals surface area contributed by atoms with Crippen molar-refractivity contribution in [3.05, 3.63) is 40.0 Å². The number of hydrogen-bond donors (Lipinski definition) is 2. The Morgan fingerprint density at radius 1 is 1.22 bits per heavy atom. The van der Waals surface area contributed by atoms with Gasteiger partial charge in [-0.05, 0) is 56.4 Å². The van der Waals surface area contributed by atoms with Gasteiger partial charge in [-0.2, -0.15) is 0 Å². The summed E-state index contributed by atoms with van der Waals surface area (Å²) in [6.45, 7) is 6.29. The van der Waals surface area contributed by atoms with Crippen LogP contribution in [0.4, 0.5) is 5.13 Å². The third kappa shape index (κ3) is 4.22. The molecule has 0 radical (unpaired) electrons. The van der Waals surface area contributed by atoms with Crippen molar-refractivity contribution < 1.29 is 4.79 Å². The largest absolute Gasteiger partial charge is 0.301 e. The second-order valence-corrected chi connectivity index (χ2v) is 8.70. The summed E-state index contributed by atoms with van der Waals surface area (Å²) in [7, 11) is 0. The summed E-state index contributed by atoms with van der Waals surface area (Å²) in [6, 6.07) is 4.33. The highest BCUT2D eigenvalue weighted by molar-refractivity contribution is 7.99. The van der Waals surface area contributed by atoms with Crippen molar-refractivity contribution in [1.82, 2.24) is 20.2 Å². The molecule has 0 spiro atoms. The van der Waals surface area contributed by atoms with Crippen LogP contribution in [0.5, 0.6) is 0 Å². The van der Waals surface area contributed by atoms with Gasteiger partial charge in [0.25, 0.3) is 0 Å². The molecule has 1 fully saturated rings. The summed E-state index contributed by atoms with van der Waals surface area (Å²) in [4.78, 5) is 21.2. The first-order valence-electron chi connectivity index (χ1n) is 8.88. The topological polar surface area (TPSA) is 83.6 Å². The summed E-state index contributed by atoms with van der Waals surface area (Å²) >= 11 is 2.77. The number of aryl methyl sites for hydroxylation is 3. The SMILES string of the molecule is Cc1cc(C)c(-c2csc(NC(=O)CSc3n[nH]c(C4CC4)n3)n2)cc1C. The smallest absolute Gasteiger partial charge is 0.236 e. The van der Waals surface area contributed by atoms with Crippen molar-refractivity contribution in [2.45, 2.75) is 44.7 Å². The summed E-state index contributed by atoms with van der Waals surface area (Å²) < 4.78 is 0. The Balaban J connectivity index is 1.37. The van der Waals surface area contributed by atoms with Crippen LogP contribution in [0.1, 0.15) is 41.3 Å². The number of carbonyl (C=O) groups excluding carboxylic acids is 1. The molecule has 0 bridgehead atoms. The number of benzene rings is 1. The molecule has 6 nitrogen and oxygen atoms in total. The quantitative estimate of drug-likeness (QED) is 0.598. The maximum atomic E-state index is 12.2. The monoisotopic (exact) mass is 399 g/mol. The van der Waals surface area contributed by atoms with Gasteiger partial charge in [-0.1, -0.05) is 17.8 Å². The minimum absolute atomic E-state index is 0.101. The Hall–Kier alpha value is -2.19. The number of anilines is 1. The van der Waals surface area contributed by atoms with Gasteiger partial charge in [-0.25, -0.2) is 9.97 Å². The molecule has 0 atom stereocenters. The van der Waals surface area contributed by atoms with E-state index in [0.29, 0.717) is 16.2 Å². The number of aromatic nitrogens is 4. The molecule has 3 aromatic rings. The van der Waals surface area contributed by atoms with Crippen LogP contribution in [-0.2, 0) is 4.79 Å². The molecule has 2 aromatic heterocycles. The summed E-state index contributed by atoms with van der Waals surface area (Å²) in [5.41, 5.74) is 5.70. The predicted octanol–water partition coefficient (Wildman–Crippen LogP) is 4.46. The lowest BCUT2D eigenvalue weighted by Crippen LogP contribution is -2.13. The van der Waals surface area contributed by atoms with Gasteiger partial charge in [0.1, 0.15) is 5.82 Å². The highest BCUT2D eigenvalue weighted by atomic mass is 32.2. The Morgan fingerprint density at radius 2 is 2.00 bits per heavy atom. The number of nitrogens with zero attached hydrogens (tertiary/aromatic N) is 3. The van der Waals surface area contributed by atoms with Crippen molar-refractivity contribution in [3.8, 4) is 11.3 Å². The first-order chi connectivity index (χ1) is 13.0. The summed E-state index contributed by atoms with van der Waals surface area (Å²) in [5, 5.41) is 13.2. The molecule has 1 amide bonds. The van der Waals surface area contributed by atoms with Crippen LogP contribution in [0.2, 0.25) is 0 Å². The molecule has 1 aromatic carbocycles. The molecule has 4 rings (SSSR count). The van der Waals surface area contributed by atoms with Crippen molar-refractivity contribution in [2.75, 3.05) is 11.1 Å². The summed E-state index contributed by atoms with van der Waals surface area (Å²) in [6.07, 6.45) is 2.35. The van der Waals surface area contributed by atoms with Crippen LogP contribution in [-0.4, -0.2) is 31.8 Å². The van der Waals surface area contributed by atoms with Gasteiger partial charge in [0, 0.05) is 16.9 Å². The molecule has 2 heterocycles. The Bertz CT molecular complexity index is 990. The maximum Gasteiger partial charge on any atom is 0.236 e. The van der Waals surface area contributed by atoms with E-state index in [9.17, 15) is 4.79 Å². The van der Waals surface area contributed by atoms with Crippen molar-refractivity contribution in [2.24, 2.45) is 0 Å². The Kier molecular flexibility index (Phi) is 5.01. The number of amides is 1. The number of H-pyrrole nitrogens is 1. The third-order valence-corrected chi connectivity index (χ3v) is 6.25. The van der Waals surface area contributed by atoms with Gasteiger partial charge in [0.05, 0.1) is 11.4 Å². The van der Waals surface area contributed by atoms with E-state index in [2.05, 4.69) is 58.4 Å². The van der Waals surface area contributed by atoms with Crippen LogP contribution >= 0.6 is 23.1 Å². The number of nitrogens with one attached hydrogen (secondary N) is 2. The predicted molar refractivity (Wildman–Crippen MR) is 109 cm³/mol. The lowest BCUT2D eigenvalue weighted by Gasteiger charge is -2.07. The molecule has 8 heteroatoms. The normalized spacial score (nSPS) is 13.7. The van der Waals surface area contributed by atoms with Crippen LogP contribution in [0.3, 0.4) is 0 Å². The molecule has 1 aliphatic carbocycles. The number of carbonyl (C=O) groups is 1. The molecule has 0 unspecified atom stereocenters. The Morgan fingerprint density at radius 3 is 2.78 bits per heavy atom. The minimum atomic E-state index is -0.101. The van der Waals surface area contributed by atoms with E-state index in [1.165, 1.54) is 52.6 Å². The van der Waals surface area contributed by atoms with Crippen molar-refractivity contribution in [3.63, 3.8) is 0 Å². The maximum absolute atomic E-state index is 12.2. The fourth-order valence-electron chi connectivity index (χ4n) is 2.84. The van der Waals surface area contributed by atoms with Gasteiger partial charge < -0.3 is 5.32 Å². The fraction of sp³-hybridized carbons (Fsp3) is 0.368. The van der Waals surface area contributed by atoms with E-state index < -0.39 is 0 Å². The molecule has 140 valence electrons. The van der Waals surface area contributed by atoms with Gasteiger partial charge in [-0.15, -0.1) is 16.4 Å². The highest BCUT2D eigenvalue weighted by Crippen LogP contribution is 2.38. The lowest BCUT2D eigenvalue weighted by atomic mass is 9.99. The van der Waals surface area contributed by atoms with Crippen LogP contribution < -0.4 is 5.32 Å². The molecule has 1 saturated carbocycles. The lowest BCUT2D eigenvalue weighted by molar-refractivity contribution is -0.113. The highest BCUT2D eigenvalue weighted by Gasteiger charge is 2.27. The first-order valence-corrected chi connectivity index (χ1v) is 10.7. The van der Waals surface area contributed by atoms with Crippen molar-refractivity contribution in [1.29, 1.82) is 0 Å². The van der Waals surface area contributed by atoms with Crippen LogP contribution in [0, 0.1) is 20.8 Å². The van der Waals surface area contributed by atoms with Gasteiger partial charge >= 0.3 is 0 Å². The Labute approximate surface area is 166 Å². The van der Waals surface area contributed by atoms with Gasteiger partial charge in [0.2, 0.25) is 11.1 Å². The molecular weight excluding hydrogens is 378 g/mol. The van der Waals surface area contributed by atoms with E-state index in [4.69, 9.17) is 0 Å². The van der Waals surface area contributed by atoms with E-state index in [1.807, 2.05) is 5.38 Å². The van der Waals surface area contributed by atoms with Crippen molar-refractivity contribution >= 4 is 34.1 Å². The molecule has 27 heavy (non-hydrogen) atoms. The van der Waals surface area contributed by atoms with E-state index in [-0.39, 0.29) is 11.7 Å². The fourth-order valence-corrected chi connectivity index (χ4v) is 4.17. The zero-order chi connectivity index (χ0) is 19.0. The van der Waals surface area contributed by atoms with Gasteiger partial charge in [-0.3, -0.25) is 9.89 Å². The average Bonchev–Trinajstić information content (AvgIpc) is 3.20. The van der Waals surface area contributed by atoms with E-state index >= 15 is 0 Å². The second kappa shape index (κ2) is 7.44. The zero-order valence-electron chi connectivity index (χ0n) is 15.5. The van der Waals surface area contributed by atoms with Gasteiger partial charge in [0.15, 0.2) is 5.13 Å². The minimum Gasteiger partial charge on any atom is -0.301 e. The molecular formula is C19H21N5OS2. The zero-order valence-corrected chi connectivity index (χ0v) is 17.1. The van der Waals surface area contributed by atoms with Crippen LogP contribution in [0.15, 0.2) is 22.7 Å². The molecule has 1 aliphatic rings. The first kappa shape index (κ1) is 18.2. The van der Waals surface area contributed by atoms with E-state index in [0.717, 1.165) is 17.1 Å². The van der Waals surface area contributed by atoms with Crippen LogP contribution in [0.25, 0.3) is 11.3 Å².